The molecule has 0 spiro atoms. The lowest BCUT2D eigenvalue weighted by atomic mass is 10.2. The number of para-hydroxylation sites is 1. The predicted molar refractivity (Wildman–Crippen MR) is 126 cm³/mol. The fourth-order valence-electron chi connectivity index (χ4n) is 3.45. The molecule has 0 radical (unpaired) electrons. The normalized spacial score (nSPS) is 15.2. The molecule has 0 N–H and O–H groups in total. The molecule has 0 fully saturated rings. The zero-order valence-electron chi connectivity index (χ0n) is 17.8. The number of ether oxygens (including phenoxy) is 1. The number of pyridine rings is 1. The summed E-state index contributed by atoms with van der Waals surface area (Å²) in [6.45, 7) is 1.46. The molecule has 1 atom stereocenters. The van der Waals surface area contributed by atoms with Gasteiger partial charge in [0, 0.05) is 24.4 Å². The van der Waals surface area contributed by atoms with Crippen molar-refractivity contribution in [2.75, 3.05) is 5.75 Å². The molecule has 33 heavy (non-hydrogen) atoms. The Morgan fingerprint density at radius 1 is 0.970 bits per heavy atom. The largest absolute Gasteiger partial charge is 0.447 e. The third-order valence-electron chi connectivity index (χ3n) is 4.96. The maximum absolute atomic E-state index is 12.1. The molecule has 1 unspecified atom stereocenters. The van der Waals surface area contributed by atoms with Crippen molar-refractivity contribution < 1.29 is 9.53 Å². The van der Waals surface area contributed by atoms with Gasteiger partial charge in [0.1, 0.15) is 5.69 Å². The Hall–Kier alpha value is -3.98. The van der Waals surface area contributed by atoms with Gasteiger partial charge in [-0.05, 0) is 24.3 Å². The number of hydrogen-bond acceptors (Lipinski definition) is 7. The van der Waals surface area contributed by atoms with E-state index in [9.17, 15) is 4.79 Å². The van der Waals surface area contributed by atoms with Crippen LogP contribution in [0.2, 0.25) is 0 Å². The molecule has 0 saturated carbocycles. The zero-order chi connectivity index (χ0) is 22.6. The molecule has 0 aliphatic carbocycles. The van der Waals surface area contributed by atoms with Gasteiger partial charge in [-0.25, -0.2) is 0 Å². The van der Waals surface area contributed by atoms with Crippen LogP contribution in [0.1, 0.15) is 18.8 Å². The van der Waals surface area contributed by atoms with Gasteiger partial charge in [0.15, 0.2) is 11.0 Å². The van der Waals surface area contributed by atoms with Gasteiger partial charge in [-0.15, -0.1) is 15.3 Å². The average Bonchev–Trinajstić information content (AvgIpc) is 3.49. The van der Waals surface area contributed by atoms with E-state index in [0.717, 1.165) is 17.1 Å². The Morgan fingerprint density at radius 3 is 2.39 bits per heavy atom. The van der Waals surface area contributed by atoms with E-state index in [1.54, 1.807) is 6.20 Å². The van der Waals surface area contributed by atoms with Crippen LogP contribution in [0.4, 0.5) is 0 Å². The monoisotopic (exact) mass is 456 g/mol. The summed E-state index contributed by atoms with van der Waals surface area (Å²) in [6, 6.07) is 25.3. The number of benzene rings is 2. The molecule has 1 aliphatic heterocycles. The highest BCUT2D eigenvalue weighted by atomic mass is 32.2. The molecule has 1 amide bonds. The van der Waals surface area contributed by atoms with Crippen molar-refractivity contribution in [1.82, 2.24) is 24.8 Å². The van der Waals surface area contributed by atoms with Crippen LogP contribution in [-0.4, -0.2) is 42.3 Å². The van der Waals surface area contributed by atoms with Crippen LogP contribution in [0, 0.1) is 0 Å². The molecule has 164 valence electrons. The smallest absolute Gasteiger partial charge is 0.243 e. The standard InChI is InChI=1S/C24H20N6O2S/c1-17(31)30-23(20-14-8-9-15-25-20)32-21(28-30)16-33-24-27-26-22(18-10-4-2-5-11-18)29(24)19-12-6-3-7-13-19/h2-15,23H,16H2,1H3. The molecule has 0 bridgehead atoms. The molecular formula is C24H20N6O2S. The van der Waals surface area contributed by atoms with Gasteiger partial charge >= 0.3 is 0 Å². The maximum Gasteiger partial charge on any atom is 0.243 e. The summed E-state index contributed by atoms with van der Waals surface area (Å²) in [5.74, 6) is 1.34. The zero-order valence-corrected chi connectivity index (χ0v) is 18.6. The Balaban J connectivity index is 1.42. The van der Waals surface area contributed by atoms with E-state index in [4.69, 9.17) is 4.74 Å². The second-order valence-electron chi connectivity index (χ2n) is 7.21. The Kier molecular flexibility index (Phi) is 5.86. The quantitative estimate of drug-likeness (QED) is 0.402. The van der Waals surface area contributed by atoms with E-state index in [-0.39, 0.29) is 5.91 Å². The third kappa shape index (κ3) is 4.35. The lowest BCUT2D eigenvalue weighted by Gasteiger charge is -2.18. The van der Waals surface area contributed by atoms with Crippen molar-refractivity contribution >= 4 is 23.6 Å². The summed E-state index contributed by atoms with van der Waals surface area (Å²) in [4.78, 5) is 16.4. The Bertz CT molecular complexity index is 1280. The van der Waals surface area contributed by atoms with Gasteiger partial charge in [-0.1, -0.05) is 66.4 Å². The number of rotatable bonds is 6. The molecule has 3 heterocycles. The number of hydrazone groups is 1. The maximum atomic E-state index is 12.1. The van der Waals surface area contributed by atoms with Crippen LogP contribution in [0.3, 0.4) is 0 Å². The Morgan fingerprint density at radius 2 is 1.70 bits per heavy atom. The average molecular weight is 457 g/mol. The SMILES string of the molecule is CC(=O)N1N=C(CSc2nnc(-c3ccccc3)n2-c2ccccc2)OC1c1ccccn1. The first kappa shape index (κ1) is 20.9. The molecule has 0 saturated heterocycles. The lowest BCUT2D eigenvalue weighted by molar-refractivity contribution is -0.135. The van der Waals surface area contributed by atoms with E-state index in [1.165, 1.54) is 23.7 Å². The number of carbonyl (C=O) groups is 1. The molecule has 5 rings (SSSR count). The summed E-state index contributed by atoms with van der Waals surface area (Å²) in [5, 5.41) is 15.3. The molecule has 2 aromatic carbocycles. The summed E-state index contributed by atoms with van der Waals surface area (Å²) in [7, 11) is 0. The molecule has 2 aromatic heterocycles. The van der Waals surface area contributed by atoms with E-state index < -0.39 is 6.23 Å². The van der Waals surface area contributed by atoms with E-state index in [2.05, 4.69) is 20.3 Å². The van der Waals surface area contributed by atoms with Crippen molar-refractivity contribution in [3.05, 3.63) is 90.8 Å². The minimum atomic E-state index is -0.675. The lowest BCUT2D eigenvalue weighted by Crippen LogP contribution is -2.25. The fraction of sp³-hybridized carbons (Fsp3) is 0.125. The van der Waals surface area contributed by atoms with E-state index in [0.29, 0.717) is 22.5 Å². The number of carbonyl (C=O) groups excluding carboxylic acids is 1. The summed E-state index contributed by atoms with van der Waals surface area (Å²) >= 11 is 1.44. The van der Waals surface area contributed by atoms with E-state index >= 15 is 0 Å². The van der Waals surface area contributed by atoms with Crippen LogP contribution in [-0.2, 0) is 9.53 Å². The van der Waals surface area contributed by atoms with Gasteiger partial charge < -0.3 is 4.74 Å². The molecule has 9 heteroatoms. The second kappa shape index (κ2) is 9.25. The Labute approximate surface area is 194 Å². The van der Waals surface area contributed by atoms with Crippen molar-refractivity contribution in [2.45, 2.75) is 18.3 Å². The molecule has 4 aromatic rings. The highest BCUT2D eigenvalue weighted by molar-refractivity contribution is 7.99. The van der Waals surface area contributed by atoms with Crippen LogP contribution < -0.4 is 0 Å². The minimum Gasteiger partial charge on any atom is -0.447 e. The van der Waals surface area contributed by atoms with Gasteiger partial charge in [0.05, 0.1) is 5.75 Å². The number of hydrogen-bond donors (Lipinski definition) is 0. The topological polar surface area (TPSA) is 85.5 Å². The van der Waals surface area contributed by atoms with E-state index in [1.807, 2.05) is 83.4 Å². The molecule has 8 nitrogen and oxygen atoms in total. The van der Waals surface area contributed by atoms with Crippen LogP contribution in [0.5, 0.6) is 0 Å². The summed E-state index contributed by atoms with van der Waals surface area (Å²) < 4.78 is 8.00. The van der Waals surface area contributed by atoms with Crippen LogP contribution in [0.25, 0.3) is 17.1 Å². The number of thioether (sulfide) groups is 1. The van der Waals surface area contributed by atoms with Crippen LogP contribution >= 0.6 is 11.8 Å². The van der Waals surface area contributed by atoms with Gasteiger partial charge in [-0.2, -0.15) is 5.01 Å². The second-order valence-corrected chi connectivity index (χ2v) is 8.16. The molecular weight excluding hydrogens is 436 g/mol. The first-order valence-corrected chi connectivity index (χ1v) is 11.3. The van der Waals surface area contributed by atoms with Crippen molar-refractivity contribution in [1.29, 1.82) is 0 Å². The third-order valence-corrected chi connectivity index (χ3v) is 5.87. The summed E-state index contributed by atoms with van der Waals surface area (Å²) in [6.07, 6.45) is 0.989. The first-order valence-electron chi connectivity index (χ1n) is 10.3. The van der Waals surface area contributed by atoms with Crippen molar-refractivity contribution in [3.8, 4) is 17.1 Å². The number of aromatic nitrogens is 4. The first-order chi connectivity index (χ1) is 16.2. The predicted octanol–water partition coefficient (Wildman–Crippen LogP) is 4.31. The van der Waals surface area contributed by atoms with Gasteiger partial charge in [0.25, 0.3) is 0 Å². The van der Waals surface area contributed by atoms with Crippen LogP contribution in [0.15, 0.2) is 95.3 Å². The van der Waals surface area contributed by atoms with Crippen molar-refractivity contribution in [3.63, 3.8) is 0 Å². The minimum absolute atomic E-state index is 0.218. The van der Waals surface area contributed by atoms with Gasteiger partial charge in [-0.3, -0.25) is 14.3 Å². The van der Waals surface area contributed by atoms with Gasteiger partial charge in [0.2, 0.25) is 18.0 Å². The molecule has 1 aliphatic rings. The number of amides is 1. The highest BCUT2D eigenvalue weighted by Gasteiger charge is 2.33. The fourth-order valence-corrected chi connectivity index (χ4v) is 4.25. The number of nitrogens with zero attached hydrogens (tertiary/aromatic N) is 6. The highest BCUT2D eigenvalue weighted by Crippen LogP contribution is 2.31. The summed E-state index contributed by atoms with van der Waals surface area (Å²) in [5.41, 5.74) is 2.54. The van der Waals surface area contributed by atoms with Crippen molar-refractivity contribution in [2.24, 2.45) is 5.10 Å².